The molecule has 0 amide bonds. The molecule has 21 heavy (non-hydrogen) atoms. The predicted octanol–water partition coefficient (Wildman–Crippen LogP) is 4.47. The molecule has 0 aliphatic carbocycles. The zero-order valence-corrected chi connectivity index (χ0v) is 13.8. The highest BCUT2D eigenvalue weighted by Crippen LogP contribution is 2.32. The predicted molar refractivity (Wildman–Crippen MR) is 89.9 cm³/mol. The summed E-state index contributed by atoms with van der Waals surface area (Å²) in [5, 5.41) is 3.59. The van der Waals surface area contributed by atoms with E-state index in [1.165, 1.54) is 16.7 Å². The molecule has 2 aromatic rings. The molecule has 0 saturated carbocycles. The minimum absolute atomic E-state index is 0.206. The summed E-state index contributed by atoms with van der Waals surface area (Å²) in [7, 11) is 0. The van der Waals surface area contributed by atoms with Gasteiger partial charge in [-0.05, 0) is 48.2 Å². The van der Waals surface area contributed by atoms with Gasteiger partial charge < -0.3 is 10.1 Å². The van der Waals surface area contributed by atoms with Gasteiger partial charge in [-0.1, -0.05) is 53.2 Å². The van der Waals surface area contributed by atoms with Gasteiger partial charge in [-0.2, -0.15) is 0 Å². The van der Waals surface area contributed by atoms with Crippen LogP contribution < -0.4 is 10.1 Å². The zero-order chi connectivity index (χ0) is 14.7. The first kappa shape index (κ1) is 14.6. The summed E-state index contributed by atoms with van der Waals surface area (Å²) in [5.74, 6) is 1.05. The summed E-state index contributed by atoms with van der Waals surface area (Å²) < 4.78 is 6.86. The highest BCUT2D eigenvalue weighted by molar-refractivity contribution is 9.10. The van der Waals surface area contributed by atoms with Gasteiger partial charge in [0.05, 0.1) is 12.6 Å². The number of rotatable bonds is 4. The van der Waals surface area contributed by atoms with Crippen molar-refractivity contribution in [1.82, 2.24) is 5.32 Å². The highest BCUT2D eigenvalue weighted by atomic mass is 79.9. The van der Waals surface area contributed by atoms with Crippen molar-refractivity contribution in [2.75, 3.05) is 13.2 Å². The van der Waals surface area contributed by atoms with Gasteiger partial charge in [0, 0.05) is 4.47 Å². The molecule has 1 unspecified atom stereocenters. The van der Waals surface area contributed by atoms with E-state index in [1.807, 2.05) is 0 Å². The van der Waals surface area contributed by atoms with Crippen molar-refractivity contribution in [3.8, 4) is 5.75 Å². The van der Waals surface area contributed by atoms with Crippen LogP contribution in [0, 0.1) is 0 Å². The van der Waals surface area contributed by atoms with Crippen molar-refractivity contribution >= 4 is 15.9 Å². The average Bonchev–Trinajstić information content (AvgIpc) is 2.53. The summed E-state index contributed by atoms with van der Waals surface area (Å²) in [6, 6.07) is 15.2. The van der Waals surface area contributed by atoms with E-state index in [2.05, 4.69) is 70.6 Å². The van der Waals surface area contributed by atoms with E-state index in [9.17, 15) is 0 Å². The third-order valence-corrected chi connectivity index (χ3v) is 4.61. The molecule has 3 rings (SSSR count). The van der Waals surface area contributed by atoms with E-state index in [0.29, 0.717) is 0 Å². The number of hydrogen-bond donors (Lipinski definition) is 1. The Kier molecular flexibility index (Phi) is 4.61. The lowest BCUT2D eigenvalue weighted by Crippen LogP contribution is -2.22. The van der Waals surface area contributed by atoms with Crippen LogP contribution in [-0.4, -0.2) is 13.2 Å². The Labute approximate surface area is 134 Å². The highest BCUT2D eigenvalue weighted by Gasteiger charge is 2.18. The number of aryl methyl sites for hydroxylation is 1. The Morgan fingerprint density at radius 3 is 2.90 bits per heavy atom. The van der Waals surface area contributed by atoms with Crippen LogP contribution in [-0.2, 0) is 6.42 Å². The number of hydrogen-bond acceptors (Lipinski definition) is 2. The molecule has 2 nitrogen and oxygen atoms in total. The van der Waals surface area contributed by atoms with Gasteiger partial charge in [0.25, 0.3) is 0 Å². The molecule has 0 bridgehead atoms. The molecule has 0 aromatic heterocycles. The van der Waals surface area contributed by atoms with Crippen molar-refractivity contribution in [2.45, 2.75) is 25.8 Å². The molecule has 0 fully saturated rings. The van der Waals surface area contributed by atoms with E-state index in [1.54, 1.807) is 0 Å². The van der Waals surface area contributed by atoms with E-state index in [4.69, 9.17) is 4.74 Å². The second kappa shape index (κ2) is 6.63. The van der Waals surface area contributed by atoms with Crippen LogP contribution in [0.1, 0.15) is 36.1 Å². The first-order valence-corrected chi connectivity index (χ1v) is 8.32. The van der Waals surface area contributed by atoms with Gasteiger partial charge in [0.1, 0.15) is 5.75 Å². The van der Waals surface area contributed by atoms with Gasteiger partial charge in [-0.15, -0.1) is 0 Å². The largest absolute Gasteiger partial charge is 0.493 e. The lowest BCUT2D eigenvalue weighted by Gasteiger charge is -2.23. The topological polar surface area (TPSA) is 21.3 Å². The fourth-order valence-corrected chi connectivity index (χ4v) is 3.39. The Balaban J connectivity index is 1.99. The summed E-state index contributed by atoms with van der Waals surface area (Å²) in [6.45, 7) is 3.91. The molecular weight excluding hydrogens is 326 g/mol. The van der Waals surface area contributed by atoms with E-state index in [-0.39, 0.29) is 6.04 Å². The van der Waals surface area contributed by atoms with E-state index < -0.39 is 0 Å². The van der Waals surface area contributed by atoms with Crippen LogP contribution in [0.5, 0.6) is 5.75 Å². The Morgan fingerprint density at radius 1 is 1.24 bits per heavy atom. The monoisotopic (exact) mass is 345 g/mol. The van der Waals surface area contributed by atoms with Crippen LogP contribution in [0.25, 0.3) is 0 Å². The molecular formula is C18H20BrNO. The maximum absolute atomic E-state index is 5.72. The molecule has 1 atom stereocenters. The third kappa shape index (κ3) is 3.14. The normalized spacial score (nSPS) is 15.1. The minimum atomic E-state index is 0.206. The summed E-state index contributed by atoms with van der Waals surface area (Å²) in [6.07, 6.45) is 2.22. The van der Waals surface area contributed by atoms with Crippen molar-refractivity contribution in [1.29, 1.82) is 0 Å². The van der Waals surface area contributed by atoms with Crippen LogP contribution in [0.2, 0.25) is 0 Å². The number of fused-ring (bicyclic) bond motifs is 1. The zero-order valence-electron chi connectivity index (χ0n) is 12.2. The van der Waals surface area contributed by atoms with Crippen LogP contribution in [0.15, 0.2) is 46.9 Å². The maximum Gasteiger partial charge on any atom is 0.122 e. The number of ether oxygens (including phenoxy) is 1. The van der Waals surface area contributed by atoms with Crippen LogP contribution in [0.3, 0.4) is 0 Å². The van der Waals surface area contributed by atoms with E-state index in [0.717, 1.165) is 36.2 Å². The maximum atomic E-state index is 5.72. The molecule has 1 aliphatic heterocycles. The van der Waals surface area contributed by atoms with Crippen LogP contribution in [0.4, 0.5) is 0 Å². The van der Waals surface area contributed by atoms with Gasteiger partial charge in [-0.3, -0.25) is 0 Å². The fraction of sp³-hybridized carbons (Fsp3) is 0.333. The van der Waals surface area contributed by atoms with E-state index >= 15 is 0 Å². The van der Waals surface area contributed by atoms with Crippen molar-refractivity contribution in [3.63, 3.8) is 0 Å². The first-order valence-electron chi connectivity index (χ1n) is 7.53. The minimum Gasteiger partial charge on any atom is -0.493 e. The standard InChI is InChI=1S/C18H20BrNO/c1-2-20-18(15-7-3-4-8-16(15)19)14-9-10-17-13(12-14)6-5-11-21-17/h3-4,7-10,12,18,20H,2,5-6,11H2,1H3. The lowest BCUT2D eigenvalue weighted by atomic mass is 9.95. The van der Waals surface area contributed by atoms with Crippen molar-refractivity contribution < 1.29 is 4.74 Å². The number of halogens is 1. The number of benzene rings is 2. The van der Waals surface area contributed by atoms with Crippen LogP contribution >= 0.6 is 15.9 Å². The fourth-order valence-electron chi connectivity index (χ4n) is 2.88. The summed E-state index contributed by atoms with van der Waals surface area (Å²) >= 11 is 3.67. The van der Waals surface area contributed by atoms with Gasteiger partial charge in [0.2, 0.25) is 0 Å². The van der Waals surface area contributed by atoms with Gasteiger partial charge in [-0.25, -0.2) is 0 Å². The SMILES string of the molecule is CCNC(c1ccc2c(c1)CCCO2)c1ccccc1Br. The quantitative estimate of drug-likeness (QED) is 0.882. The molecule has 3 heteroatoms. The lowest BCUT2D eigenvalue weighted by molar-refractivity contribution is 0.288. The number of nitrogens with one attached hydrogen (secondary N) is 1. The molecule has 0 spiro atoms. The van der Waals surface area contributed by atoms with Crippen molar-refractivity contribution in [3.05, 3.63) is 63.6 Å². The second-order valence-corrected chi connectivity index (χ2v) is 6.19. The average molecular weight is 346 g/mol. The molecule has 0 radical (unpaired) electrons. The summed E-state index contributed by atoms with van der Waals surface area (Å²) in [4.78, 5) is 0. The van der Waals surface area contributed by atoms with Crippen molar-refractivity contribution in [2.24, 2.45) is 0 Å². The first-order chi connectivity index (χ1) is 10.3. The molecule has 1 N–H and O–H groups in total. The molecule has 0 saturated heterocycles. The molecule has 1 aliphatic rings. The molecule has 2 aromatic carbocycles. The summed E-state index contributed by atoms with van der Waals surface area (Å²) in [5.41, 5.74) is 3.90. The van der Waals surface area contributed by atoms with Gasteiger partial charge >= 0.3 is 0 Å². The Morgan fingerprint density at radius 2 is 2.10 bits per heavy atom. The molecule has 1 heterocycles. The smallest absolute Gasteiger partial charge is 0.122 e. The Hall–Kier alpha value is -1.32. The Bertz CT molecular complexity index is 626. The molecule has 110 valence electrons. The second-order valence-electron chi connectivity index (χ2n) is 5.33. The third-order valence-electron chi connectivity index (χ3n) is 3.89. The van der Waals surface area contributed by atoms with Gasteiger partial charge in [0.15, 0.2) is 0 Å².